The molecule has 0 amide bonds. The van der Waals surface area contributed by atoms with Gasteiger partial charge in [0, 0.05) is 13.5 Å². The normalized spacial score (nSPS) is 10.7. The molecule has 1 rings (SSSR count). The summed E-state index contributed by atoms with van der Waals surface area (Å²) < 4.78 is 6.85. The van der Waals surface area contributed by atoms with Crippen molar-refractivity contribution in [2.45, 2.75) is 26.3 Å². The number of hydrogen-bond acceptors (Lipinski definition) is 3. The van der Waals surface area contributed by atoms with Crippen molar-refractivity contribution in [2.24, 2.45) is 0 Å². The van der Waals surface area contributed by atoms with Gasteiger partial charge in [0.2, 0.25) is 5.28 Å². The maximum atomic E-state index is 5.85. The van der Waals surface area contributed by atoms with E-state index in [1.807, 2.05) is 4.57 Å². The molecule has 0 N–H and O–H groups in total. The summed E-state index contributed by atoms with van der Waals surface area (Å²) in [7, 11) is 1.66. The first-order valence-corrected chi connectivity index (χ1v) is 4.74. The van der Waals surface area contributed by atoms with Crippen LogP contribution in [0.3, 0.4) is 0 Å². The molecular weight excluding hydrogens is 190 g/mol. The molecule has 0 saturated carbocycles. The van der Waals surface area contributed by atoms with Gasteiger partial charge in [0.05, 0.1) is 13.2 Å². The fourth-order valence-electron chi connectivity index (χ4n) is 1.13. The average Bonchev–Trinajstić information content (AvgIpc) is 2.45. The molecule has 0 aliphatic heterocycles. The van der Waals surface area contributed by atoms with Gasteiger partial charge in [0.25, 0.3) is 0 Å². The molecule has 0 saturated heterocycles. The predicted octanol–water partition coefficient (Wildman–Crippen LogP) is 1.53. The SMILES string of the molecule is CCCc1nnc(Cl)n1CCOC. The molecule has 1 aromatic rings. The molecule has 5 heteroatoms. The minimum Gasteiger partial charge on any atom is -0.383 e. The van der Waals surface area contributed by atoms with Crippen LogP contribution in [0, 0.1) is 0 Å². The molecule has 0 radical (unpaired) electrons. The monoisotopic (exact) mass is 203 g/mol. The van der Waals surface area contributed by atoms with Crippen molar-refractivity contribution >= 4 is 11.6 Å². The van der Waals surface area contributed by atoms with Crippen molar-refractivity contribution in [3.05, 3.63) is 11.1 Å². The molecule has 0 bridgehead atoms. The van der Waals surface area contributed by atoms with Gasteiger partial charge in [-0.3, -0.25) is 4.57 Å². The predicted molar refractivity (Wildman–Crippen MR) is 50.9 cm³/mol. The van der Waals surface area contributed by atoms with Gasteiger partial charge in [-0.25, -0.2) is 0 Å². The van der Waals surface area contributed by atoms with E-state index in [-0.39, 0.29) is 0 Å². The van der Waals surface area contributed by atoms with Gasteiger partial charge in [0.15, 0.2) is 0 Å². The zero-order valence-electron chi connectivity index (χ0n) is 7.96. The molecule has 0 spiro atoms. The lowest BCUT2D eigenvalue weighted by molar-refractivity contribution is 0.186. The molecule has 0 aliphatic rings. The molecule has 0 aliphatic carbocycles. The standard InChI is InChI=1S/C8H14ClN3O/c1-3-4-7-10-11-8(9)12(7)5-6-13-2/h3-6H2,1-2H3. The summed E-state index contributed by atoms with van der Waals surface area (Å²) in [6.45, 7) is 3.45. The van der Waals surface area contributed by atoms with Crippen LogP contribution in [0.25, 0.3) is 0 Å². The van der Waals surface area contributed by atoms with Gasteiger partial charge in [0.1, 0.15) is 5.82 Å². The first-order chi connectivity index (χ1) is 6.29. The number of aryl methyl sites for hydroxylation is 1. The molecule has 0 aromatic carbocycles. The van der Waals surface area contributed by atoms with Gasteiger partial charge in [-0.1, -0.05) is 6.92 Å². The minimum absolute atomic E-state index is 0.445. The topological polar surface area (TPSA) is 39.9 Å². The summed E-state index contributed by atoms with van der Waals surface area (Å²) in [4.78, 5) is 0. The Morgan fingerprint density at radius 2 is 2.23 bits per heavy atom. The number of methoxy groups -OCH3 is 1. The Hall–Kier alpha value is -0.610. The van der Waals surface area contributed by atoms with Crippen LogP contribution in [0.5, 0.6) is 0 Å². The Morgan fingerprint density at radius 1 is 1.46 bits per heavy atom. The lowest BCUT2D eigenvalue weighted by Crippen LogP contribution is -2.08. The molecule has 74 valence electrons. The van der Waals surface area contributed by atoms with Crippen molar-refractivity contribution in [1.82, 2.24) is 14.8 Å². The van der Waals surface area contributed by atoms with Crippen molar-refractivity contribution in [3.63, 3.8) is 0 Å². The van der Waals surface area contributed by atoms with E-state index < -0.39 is 0 Å². The Kier molecular flexibility index (Phi) is 4.18. The van der Waals surface area contributed by atoms with Crippen LogP contribution in [-0.4, -0.2) is 28.5 Å². The van der Waals surface area contributed by atoms with Crippen LogP contribution in [0.1, 0.15) is 19.2 Å². The summed E-state index contributed by atoms with van der Waals surface area (Å²) in [6.07, 6.45) is 1.95. The second-order valence-corrected chi connectivity index (χ2v) is 3.12. The first kappa shape index (κ1) is 10.5. The number of halogens is 1. The highest BCUT2D eigenvalue weighted by Gasteiger charge is 2.08. The molecule has 0 atom stereocenters. The van der Waals surface area contributed by atoms with Crippen molar-refractivity contribution < 1.29 is 4.74 Å². The molecule has 1 heterocycles. The van der Waals surface area contributed by atoms with E-state index >= 15 is 0 Å². The van der Waals surface area contributed by atoms with Crippen LogP contribution >= 0.6 is 11.6 Å². The molecule has 0 fully saturated rings. The second-order valence-electron chi connectivity index (χ2n) is 2.78. The van der Waals surface area contributed by atoms with Gasteiger partial charge in [-0.05, 0) is 18.0 Å². The third-order valence-corrected chi connectivity index (χ3v) is 2.05. The van der Waals surface area contributed by atoms with Gasteiger partial charge >= 0.3 is 0 Å². The third kappa shape index (κ3) is 2.67. The van der Waals surface area contributed by atoms with Crippen LogP contribution in [-0.2, 0) is 17.7 Å². The fraction of sp³-hybridized carbons (Fsp3) is 0.750. The van der Waals surface area contributed by atoms with Crippen molar-refractivity contribution in [3.8, 4) is 0 Å². The van der Waals surface area contributed by atoms with E-state index in [0.29, 0.717) is 11.9 Å². The van der Waals surface area contributed by atoms with E-state index in [2.05, 4.69) is 17.1 Å². The third-order valence-electron chi connectivity index (χ3n) is 1.77. The number of hydrogen-bond donors (Lipinski definition) is 0. The smallest absolute Gasteiger partial charge is 0.225 e. The van der Waals surface area contributed by atoms with Crippen LogP contribution < -0.4 is 0 Å². The molecule has 13 heavy (non-hydrogen) atoms. The largest absolute Gasteiger partial charge is 0.383 e. The first-order valence-electron chi connectivity index (χ1n) is 4.36. The zero-order valence-corrected chi connectivity index (χ0v) is 8.71. The van der Waals surface area contributed by atoms with E-state index in [4.69, 9.17) is 16.3 Å². The summed E-state index contributed by atoms with van der Waals surface area (Å²) in [5.74, 6) is 0.935. The van der Waals surface area contributed by atoms with Crippen molar-refractivity contribution in [2.75, 3.05) is 13.7 Å². The zero-order chi connectivity index (χ0) is 9.68. The summed E-state index contributed by atoms with van der Waals surface area (Å²) in [6, 6.07) is 0. The Bertz CT molecular complexity index is 262. The van der Waals surface area contributed by atoms with Gasteiger partial charge in [-0.15, -0.1) is 10.2 Å². The summed E-state index contributed by atoms with van der Waals surface area (Å²) >= 11 is 5.85. The van der Waals surface area contributed by atoms with E-state index in [9.17, 15) is 0 Å². The average molecular weight is 204 g/mol. The van der Waals surface area contributed by atoms with Gasteiger partial charge in [-0.2, -0.15) is 0 Å². The Balaban J connectivity index is 2.69. The quantitative estimate of drug-likeness (QED) is 0.729. The molecular formula is C8H14ClN3O. The molecule has 0 unspecified atom stereocenters. The number of nitrogens with zero attached hydrogens (tertiary/aromatic N) is 3. The minimum atomic E-state index is 0.445. The number of rotatable bonds is 5. The number of ether oxygens (including phenoxy) is 1. The lowest BCUT2D eigenvalue weighted by atomic mass is 10.3. The van der Waals surface area contributed by atoms with Crippen LogP contribution in [0.15, 0.2) is 0 Å². The summed E-state index contributed by atoms with van der Waals surface area (Å²) in [5.41, 5.74) is 0. The highest BCUT2D eigenvalue weighted by molar-refractivity contribution is 6.28. The van der Waals surface area contributed by atoms with E-state index in [0.717, 1.165) is 25.2 Å². The van der Waals surface area contributed by atoms with E-state index in [1.165, 1.54) is 0 Å². The highest BCUT2D eigenvalue weighted by atomic mass is 35.5. The highest BCUT2D eigenvalue weighted by Crippen LogP contribution is 2.09. The Labute approximate surface area is 82.9 Å². The lowest BCUT2D eigenvalue weighted by Gasteiger charge is -2.05. The van der Waals surface area contributed by atoms with Gasteiger partial charge < -0.3 is 4.74 Å². The fourth-order valence-corrected chi connectivity index (χ4v) is 1.35. The number of aromatic nitrogens is 3. The van der Waals surface area contributed by atoms with Crippen molar-refractivity contribution in [1.29, 1.82) is 0 Å². The van der Waals surface area contributed by atoms with E-state index in [1.54, 1.807) is 7.11 Å². The molecule has 1 aromatic heterocycles. The van der Waals surface area contributed by atoms with Crippen LogP contribution in [0.2, 0.25) is 5.28 Å². The summed E-state index contributed by atoms with van der Waals surface area (Å²) in [5, 5.41) is 8.24. The second kappa shape index (κ2) is 5.19. The Morgan fingerprint density at radius 3 is 2.85 bits per heavy atom. The maximum absolute atomic E-state index is 5.85. The molecule has 4 nitrogen and oxygen atoms in total. The van der Waals surface area contributed by atoms with Crippen LogP contribution in [0.4, 0.5) is 0 Å². The maximum Gasteiger partial charge on any atom is 0.225 e.